The molecule has 0 aliphatic heterocycles. The van der Waals surface area contributed by atoms with Crippen molar-refractivity contribution in [1.82, 2.24) is 9.55 Å². The van der Waals surface area contributed by atoms with Crippen LogP contribution in [0.1, 0.15) is 5.56 Å². The third kappa shape index (κ3) is 4.67. The number of aromatic nitrogens is 2. The Morgan fingerprint density at radius 1 is 0.933 bits per heavy atom. The summed E-state index contributed by atoms with van der Waals surface area (Å²) in [7, 11) is 1.61. The summed E-state index contributed by atoms with van der Waals surface area (Å²) in [5.74, 6) is 1.53. The highest BCUT2D eigenvalue weighted by molar-refractivity contribution is 5.93. The maximum atomic E-state index is 12.6. The second kappa shape index (κ2) is 8.96. The van der Waals surface area contributed by atoms with Gasteiger partial charge in [0.25, 0.3) is 0 Å². The van der Waals surface area contributed by atoms with E-state index >= 15 is 0 Å². The van der Waals surface area contributed by atoms with E-state index < -0.39 is 0 Å². The molecule has 150 valence electrons. The Morgan fingerprint density at radius 3 is 2.33 bits per heavy atom. The lowest BCUT2D eigenvalue weighted by atomic mass is 10.1. The van der Waals surface area contributed by atoms with Crippen molar-refractivity contribution in [3.8, 4) is 23.1 Å². The first-order valence-corrected chi connectivity index (χ1v) is 9.50. The van der Waals surface area contributed by atoms with Gasteiger partial charge in [-0.1, -0.05) is 12.1 Å². The number of amides is 1. The fourth-order valence-electron chi connectivity index (χ4n) is 3.00. The highest BCUT2D eigenvalue weighted by Crippen LogP contribution is 2.28. The topological polar surface area (TPSA) is 65.4 Å². The van der Waals surface area contributed by atoms with E-state index in [0.29, 0.717) is 17.3 Å². The van der Waals surface area contributed by atoms with E-state index in [9.17, 15) is 4.79 Å². The van der Waals surface area contributed by atoms with Crippen molar-refractivity contribution in [3.05, 3.63) is 97.0 Å². The summed E-state index contributed by atoms with van der Waals surface area (Å²) >= 11 is 0. The molecule has 1 amide bonds. The molecule has 0 radical (unpaired) electrons. The van der Waals surface area contributed by atoms with E-state index in [0.717, 1.165) is 17.0 Å². The smallest absolute Gasteiger partial charge is 0.243 e. The minimum Gasteiger partial charge on any atom is -0.497 e. The molecule has 0 aliphatic carbocycles. The van der Waals surface area contributed by atoms with Crippen LogP contribution in [0, 0.1) is 0 Å². The zero-order chi connectivity index (χ0) is 20.8. The van der Waals surface area contributed by atoms with E-state index in [1.807, 2.05) is 53.4 Å². The van der Waals surface area contributed by atoms with Crippen molar-refractivity contribution in [3.63, 3.8) is 0 Å². The van der Waals surface area contributed by atoms with Gasteiger partial charge in [0, 0.05) is 24.3 Å². The lowest BCUT2D eigenvalue weighted by molar-refractivity contribution is -0.115. The fraction of sp³-hybridized carbons (Fsp3) is 0.0833. The molecule has 4 rings (SSSR count). The first kappa shape index (κ1) is 19.3. The van der Waals surface area contributed by atoms with Gasteiger partial charge in [-0.05, 0) is 66.2 Å². The van der Waals surface area contributed by atoms with E-state index in [1.165, 1.54) is 0 Å². The largest absolute Gasteiger partial charge is 0.497 e. The molecule has 1 N–H and O–H groups in total. The maximum Gasteiger partial charge on any atom is 0.243 e. The molecule has 2 heterocycles. The summed E-state index contributed by atoms with van der Waals surface area (Å²) < 4.78 is 13.0. The summed E-state index contributed by atoms with van der Waals surface area (Å²) in [6.07, 6.45) is 5.83. The number of rotatable bonds is 7. The fourth-order valence-corrected chi connectivity index (χ4v) is 3.00. The van der Waals surface area contributed by atoms with Crippen LogP contribution in [0.3, 0.4) is 0 Å². The molecular formula is C24H21N3O3. The van der Waals surface area contributed by atoms with Crippen molar-refractivity contribution in [2.24, 2.45) is 0 Å². The molecule has 6 heteroatoms. The number of nitrogens with zero attached hydrogens (tertiary/aromatic N) is 2. The van der Waals surface area contributed by atoms with Crippen LogP contribution in [-0.2, 0) is 11.2 Å². The molecule has 0 atom stereocenters. The normalized spacial score (nSPS) is 10.4. The SMILES string of the molecule is COc1ccc(Oc2ncccc2NC(=O)Cc2ccc(-n3cccc3)cc2)cc1. The number of methoxy groups -OCH3 is 1. The van der Waals surface area contributed by atoms with Gasteiger partial charge in [0.05, 0.1) is 13.5 Å². The van der Waals surface area contributed by atoms with Crippen LogP contribution in [0.4, 0.5) is 5.69 Å². The molecule has 0 fully saturated rings. The molecule has 2 aromatic carbocycles. The summed E-state index contributed by atoms with van der Waals surface area (Å²) in [4.78, 5) is 16.8. The number of nitrogens with one attached hydrogen (secondary N) is 1. The van der Waals surface area contributed by atoms with Crippen molar-refractivity contribution in [2.45, 2.75) is 6.42 Å². The molecule has 6 nitrogen and oxygen atoms in total. The summed E-state index contributed by atoms with van der Waals surface area (Å²) in [5, 5.41) is 2.89. The number of carbonyl (C=O) groups excluding carboxylic acids is 1. The number of hydrogen-bond donors (Lipinski definition) is 1. The van der Waals surface area contributed by atoms with Crippen molar-refractivity contribution < 1.29 is 14.3 Å². The monoisotopic (exact) mass is 399 g/mol. The zero-order valence-electron chi connectivity index (χ0n) is 16.5. The van der Waals surface area contributed by atoms with E-state index in [4.69, 9.17) is 9.47 Å². The molecule has 0 unspecified atom stereocenters. The van der Waals surface area contributed by atoms with Gasteiger partial charge >= 0.3 is 0 Å². The quantitative estimate of drug-likeness (QED) is 0.482. The molecule has 4 aromatic rings. The van der Waals surface area contributed by atoms with Crippen LogP contribution >= 0.6 is 0 Å². The number of pyridine rings is 1. The standard InChI is InChI=1S/C24H21N3O3/c1-29-20-10-12-21(13-11-20)30-24-22(5-4-14-25-24)26-23(28)17-18-6-8-19(9-7-18)27-15-2-3-16-27/h2-16H,17H2,1H3,(H,26,28). The second-order valence-electron chi connectivity index (χ2n) is 6.62. The average molecular weight is 399 g/mol. The summed E-state index contributed by atoms with van der Waals surface area (Å²) in [5.41, 5.74) is 2.48. The van der Waals surface area contributed by atoms with Crippen LogP contribution in [-0.4, -0.2) is 22.6 Å². The van der Waals surface area contributed by atoms with Crippen LogP contribution in [0.2, 0.25) is 0 Å². The lowest BCUT2D eigenvalue weighted by Gasteiger charge is -2.11. The van der Waals surface area contributed by atoms with Gasteiger partial charge in [-0.15, -0.1) is 0 Å². The number of hydrogen-bond acceptors (Lipinski definition) is 4. The van der Waals surface area contributed by atoms with Gasteiger partial charge in [0.2, 0.25) is 11.8 Å². The predicted octanol–water partition coefficient (Wildman–Crippen LogP) is 4.85. The van der Waals surface area contributed by atoms with Crippen LogP contribution in [0.15, 0.2) is 91.4 Å². The average Bonchev–Trinajstić information content (AvgIpc) is 3.31. The van der Waals surface area contributed by atoms with Crippen LogP contribution in [0.5, 0.6) is 17.4 Å². The summed E-state index contributed by atoms with van der Waals surface area (Å²) in [6.45, 7) is 0. The van der Waals surface area contributed by atoms with Gasteiger partial charge < -0.3 is 19.4 Å². The molecular weight excluding hydrogens is 378 g/mol. The van der Waals surface area contributed by atoms with Crippen LogP contribution < -0.4 is 14.8 Å². The molecule has 0 saturated heterocycles. The van der Waals surface area contributed by atoms with E-state index in [-0.39, 0.29) is 12.3 Å². The number of ether oxygens (including phenoxy) is 2. The van der Waals surface area contributed by atoms with E-state index in [2.05, 4.69) is 10.3 Å². The Bertz CT molecular complexity index is 1110. The van der Waals surface area contributed by atoms with E-state index in [1.54, 1.807) is 49.7 Å². The third-order valence-electron chi connectivity index (χ3n) is 4.52. The minimum atomic E-state index is -0.142. The van der Waals surface area contributed by atoms with Gasteiger partial charge in [-0.3, -0.25) is 4.79 Å². The van der Waals surface area contributed by atoms with Crippen LogP contribution in [0.25, 0.3) is 5.69 Å². The minimum absolute atomic E-state index is 0.142. The second-order valence-corrected chi connectivity index (χ2v) is 6.62. The Labute approximate surface area is 174 Å². The predicted molar refractivity (Wildman–Crippen MR) is 115 cm³/mol. The lowest BCUT2D eigenvalue weighted by Crippen LogP contribution is -2.15. The molecule has 0 saturated carbocycles. The Kier molecular flexibility index (Phi) is 5.75. The third-order valence-corrected chi connectivity index (χ3v) is 4.52. The Morgan fingerprint density at radius 2 is 1.63 bits per heavy atom. The highest BCUT2D eigenvalue weighted by atomic mass is 16.5. The highest BCUT2D eigenvalue weighted by Gasteiger charge is 2.11. The van der Waals surface area contributed by atoms with Crippen molar-refractivity contribution in [1.29, 1.82) is 0 Å². The number of carbonyl (C=O) groups is 1. The van der Waals surface area contributed by atoms with Gasteiger partial charge in [-0.25, -0.2) is 4.98 Å². The molecule has 0 spiro atoms. The summed E-state index contributed by atoms with van der Waals surface area (Å²) in [6, 6.07) is 22.5. The van der Waals surface area contributed by atoms with Gasteiger partial charge in [0.1, 0.15) is 17.2 Å². The molecule has 2 aromatic heterocycles. The Hall–Kier alpha value is -4.06. The maximum absolute atomic E-state index is 12.6. The zero-order valence-corrected chi connectivity index (χ0v) is 16.5. The van der Waals surface area contributed by atoms with Gasteiger partial charge in [0.15, 0.2) is 0 Å². The Balaban J connectivity index is 1.42. The number of benzene rings is 2. The first-order chi connectivity index (χ1) is 14.7. The van der Waals surface area contributed by atoms with Crippen molar-refractivity contribution >= 4 is 11.6 Å². The molecule has 0 bridgehead atoms. The van der Waals surface area contributed by atoms with Crippen molar-refractivity contribution in [2.75, 3.05) is 12.4 Å². The first-order valence-electron chi connectivity index (χ1n) is 9.50. The molecule has 30 heavy (non-hydrogen) atoms. The van der Waals surface area contributed by atoms with Gasteiger partial charge in [-0.2, -0.15) is 0 Å². The number of anilines is 1. The molecule has 0 aliphatic rings.